The van der Waals surface area contributed by atoms with Crippen LogP contribution in [0.3, 0.4) is 0 Å². The number of aromatic nitrogens is 1. The second kappa shape index (κ2) is 5.49. The number of nitrogen functional groups attached to an aromatic ring is 1. The Labute approximate surface area is 121 Å². The lowest BCUT2D eigenvalue weighted by Crippen LogP contribution is -2.39. The first kappa shape index (κ1) is 13.5. The zero-order chi connectivity index (χ0) is 14.1. The fourth-order valence-corrected chi connectivity index (χ4v) is 3.47. The highest BCUT2D eigenvalue weighted by molar-refractivity contribution is 5.84. The summed E-state index contributed by atoms with van der Waals surface area (Å²) in [6.45, 7) is 7.04. The van der Waals surface area contributed by atoms with Crippen molar-refractivity contribution >= 4 is 10.9 Å². The molecule has 0 saturated carbocycles. The number of likely N-dealkylation sites (tertiary alicyclic amines) is 1. The third-order valence-electron chi connectivity index (χ3n) is 4.95. The minimum Gasteiger partial charge on any atom is -0.339 e. The number of nitrogens with zero attached hydrogens (tertiary/aromatic N) is 2. The summed E-state index contributed by atoms with van der Waals surface area (Å²) in [6.07, 6.45) is 5.87. The summed E-state index contributed by atoms with van der Waals surface area (Å²) >= 11 is 0. The van der Waals surface area contributed by atoms with Crippen LogP contribution in [0.1, 0.15) is 44.6 Å². The molecule has 1 aliphatic rings. The lowest BCUT2D eigenvalue weighted by molar-refractivity contribution is 0.158. The van der Waals surface area contributed by atoms with Crippen LogP contribution in [-0.2, 0) is 0 Å². The maximum absolute atomic E-state index is 6.09. The van der Waals surface area contributed by atoms with Gasteiger partial charge in [-0.05, 0) is 56.8 Å². The van der Waals surface area contributed by atoms with Crippen LogP contribution in [-0.4, -0.2) is 28.7 Å². The van der Waals surface area contributed by atoms with E-state index in [-0.39, 0.29) is 0 Å². The van der Waals surface area contributed by atoms with Gasteiger partial charge in [0.05, 0.1) is 5.52 Å². The Bertz CT molecular complexity index is 579. The first-order valence-corrected chi connectivity index (χ1v) is 7.79. The van der Waals surface area contributed by atoms with Crippen molar-refractivity contribution in [2.24, 2.45) is 0 Å². The standard InChI is InChI=1S/C17H25N3/c1-3-13(2)19-10-8-14(9-11-19)16-12-20(18)17-7-5-4-6-15(16)17/h4-7,12-14H,3,8-11,18H2,1-2H3. The zero-order valence-electron chi connectivity index (χ0n) is 12.5. The molecule has 3 heteroatoms. The summed E-state index contributed by atoms with van der Waals surface area (Å²) in [5, 5.41) is 1.33. The van der Waals surface area contributed by atoms with E-state index in [1.54, 1.807) is 4.68 Å². The Morgan fingerprint density at radius 2 is 1.95 bits per heavy atom. The van der Waals surface area contributed by atoms with Gasteiger partial charge in [0.1, 0.15) is 0 Å². The highest BCUT2D eigenvalue weighted by Crippen LogP contribution is 2.34. The van der Waals surface area contributed by atoms with E-state index in [1.165, 1.54) is 43.3 Å². The summed E-state index contributed by atoms with van der Waals surface area (Å²) in [5.41, 5.74) is 2.58. The summed E-state index contributed by atoms with van der Waals surface area (Å²) in [6, 6.07) is 9.19. The quantitative estimate of drug-likeness (QED) is 0.869. The predicted octanol–water partition coefficient (Wildman–Crippen LogP) is 3.33. The van der Waals surface area contributed by atoms with E-state index in [0.29, 0.717) is 12.0 Å². The minimum atomic E-state index is 0.657. The molecule has 1 unspecified atom stereocenters. The Hall–Kier alpha value is -1.48. The smallest absolute Gasteiger partial charge is 0.0693 e. The highest BCUT2D eigenvalue weighted by atomic mass is 15.3. The number of benzene rings is 1. The Kier molecular flexibility index (Phi) is 3.70. The minimum absolute atomic E-state index is 0.657. The first-order chi connectivity index (χ1) is 9.70. The van der Waals surface area contributed by atoms with Crippen molar-refractivity contribution in [3.05, 3.63) is 36.0 Å². The van der Waals surface area contributed by atoms with Gasteiger partial charge in [0.25, 0.3) is 0 Å². The van der Waals surface area contributed by atoms with Gasteiger partial charge in [-0.1, -0.05) is 25.1 Å². The van der Waals surface area contributed by atoms with Crippen LogP contribution >= 0.6 is 0 Å². The van der Waals surface area contributed by atoms with Gasteiger partial charge in [-0.15, -0.1) is 0 Å². The van der Waals surface area contributed by atoms with Crippen LogP contribution in [0.25, 0.3) is 10.9 Å². The van der Waals surface area contributed by atoms with Crippen molar-refractivity contribution < 1.29 is 0 Å². The first-order valence-electron chi connectivity index (χ1n) is 7.79. The van der Waals surface area contributed by atoms with Crippen molar-refractivity contribution in [2.75, 3.05) is 18.9 Å². The van der Waals surface area contributed by atoms with Crippen molar-refractivity contribution in [1.29, 1.82) is 0 Å². The van der Waals surface area contributed by atoms with E-state index in [9.17, 15) is 0 Å². The molecule has 0 amide bonds. The topological polar surface area (TPSA) is 34.2 Å². The lowest BCUT2D eigenvalue weighted by atomic mass is 9.88. The largest absolute Gasteiger partial charge is 0.339 e. The van der Waals surface area contributed by atoms with Gasteiger partial charge in [0.2, 0.25) is 0 Å². The fraction of sp³-hybridized carbons (Fsp3) is 0.529. The molecule has 2 heterocycles. The van der Waals surface area contributed by atoms with E-state index < -0.39 is 0 Å². The van der Waals surface area contributed by atoms with Crippen LogP contribution in [0, 0.1) is 0 Å². The van der Waals surface area contributed by atoms with Crippen LogP contribution in [0.2, 0.25) is 0 Å². The molecule has 0 spiro atoms. The summed E-state index contributed by atoms with van der Waals surface area (Å²) in [4.78, 5) is 2.62. The van der Waals surface area contributed by atoms with Gasteiger partial charge in [-0.3, -0.25) is 4.68 Å². The summed E-state index contributed by atoms with van der Waals surface area (Å²) < 4.78 is 1.78. The molecule has 1 aromatic heterocycles. The van der Waals surface area contributed by atoms with E-state index in [0.717, 1.165) is 5.52 Å². The maximum atomic E-state index is 6.09. The number of rotatable bonds is 3. The molecule has 1 aromatic carbocycles. The van der Waals surface area contributed by atoms with E-state index in [1.807, 2.05) is 0 Å². The molecule has 1 fully saturated rings. The Morgan fingerprint density at radius 3 is 2.65 bits per heavy atom. The molecule has 3 nitrogen and oxygen atoms in total. The second-order valence-electron chi connectivity index (χ2n) is 6.08. The molecule has 20 heavy (non-hydrogen) atoms. The second-order valence-corrected chi connectivity index (χ2v) is 6.08. The third kappa shape index (κ3) is 2.31. The molecule has 1 saturated heterocycles. The van der Waals surface area contributed by atoms with Crippen LogP contribution < -0.4 is 5.84 Å². The molecular formula is C17H25N3. The van der Waals surface area contributed by atoms with Crippen molar-refractivity contribution in [3.63, 3.8) is 0 Å². The molecule has 108 valence electrons. The van der Waals surface area contributed by atoms with Gasteiger partial charge < -0.3 is 10.7 Å². The summed E-state index contributed by atoms with van der Waals surface area (Å²) in [7, 11) is 0. The number of para-hydroxylation sites is 1. The molecule has 1 aliphatic heterocycles. The van der Waals surface area contributed by atoms with Crippen LogP contribution in [0.15, 0.2) is 30.5 Å². The lowest BCUT2D eigenvalue weighted by Gasteiger charge is -2.35. The van der Waals surface area contributed by atoms with Gasteiger partial charge in [-0.2, -0.15) is 0 Å². The Morgan fingerprint density at radius 1 is 1.25 bits per heavy atom. The number of hydrogen-bond acceptors (Lipinski definition) is 2. The normalized spacial score (nSPS) is 19.5. The van der Waals surface area contributed by atoms with Gasteiger partial charge in [0, 0.05) is 17.6 Å². The van der Waals surface area contributed by atoms with E-state index in [4.69, 9.17) is 5.84 Å². The molecular weight excluding hydrogens is 246 g/mol. The van der Waals surface area contributed by atoms with Gasteiger partial charge in [0.15, 0.2) is 0 Å². The number of nitrogens with two attached hydrogens (primary N) is 1. The van der Waals surface area contributed by atoms with E-state index >= 15 is 0 Å². The molecule has 0 aliphatic carbocycles. The average molecular weight is 271 g/mol. The van der Waals surface area contributed by atoms with E-state index in [2.05, 4.69) is 49.2 Å². The highest BCUT2D eigenvalue weighted by Gasteiger charge is 2.25. The average Bonchev–Trinajstić information content (AvgIpc) is 2.84. The summed E-state index contributed by atoms with van der Waals surface area (Å²) in [5.74, 6) is 6.74. The third-order valence-corrected chi connectivity index (χ3v) is 4.95. The number of fused-ring (bicyclic) bond motifs is 1. The van der Waals surface area contributed by atoms with Crippen molar-refractivity contribution in [2.45, 2.75) is 45.1 Å². The van der Waals surface area contributed by atoms with Crippen LogP contribution in [0.5, 0.6) is 0 Å². The SMILES string of the molecule is CCC(C)N1CCC(c2cn(N)c3ccccc23)CC1. The zero-order valence-corrected chi connectivity index (χ0v) is 12.5. The number of hydrogen-bond donors (Lipinski definition) is 1. The predicted molar refractivity (Wildman–Crippen MR) is 85.4 cm³/mol. The maximum Gasteiger partial charge on any atom is 0.0693 e. The van der Waals surface area contributed by atoms with Crippen molar-refractivity contribution in [1.82, 2.24) is 9.58 Å². The Balaban J connectivity index is 1.80. The molecule has 3 rings (SSSR count). The molecule has 2 aromatic rings. The molecule has 0 radical (unpaired) electrons. The molecule has 0 bridgehead atoms. The van der Waals surface area contributed by atoms with Gasteiger partial charge in [-0.25, -0.2) is 0 Å². The monoisotopic (exact) mass is 271 g/mol. The van der Waals surface area contributed by atoms with Crippen LogP contribution in [0.4, 0.5) is 0 Å². The fourth-order valence-electron chi connectivity index (χ4n) is 3.47. The molecule has 2 N–H and O–H groups in total. The number of piperidine rings is 1. The molecule has 1 atom stereocenters. The van der Waals surface area contributed by atoms with Crippen molar-refractivity contribution in [3.8, 4) is 0 Å². The van der Waals surface area contributed by atoms with Gasteiger partial charge >= 0.3 is 0 Å².